The summed E-state index contributed by atoms with van der Waals surface area (Å²) >= 11 is 0. The minimum Gasteiger partial charge on any atom is -0.396 e. The molecule has 0 spiro atoms. The van der Waals surface area contributed by atoms with E-state index >= 15 is 0 Å². The first-order chi connectivity index (χ1) is 9.04. The maximum Gasteiger partial charge on any atom is 0.0579 e. The lowest BCUT2D eigenvalue weighted by Crippen LogP contribution is -2.52. The molecular formula is C16H25NO2. The van der Waals surface area contributed by atoms with Gasteiger partial charge in [0.2, 0.25) is 0 Å². The number of rotatable bonds is 6. The van der Waals surface area contributed by atoms with Gasteiger partial charge in [-0.05, 0) is 24.1 Å². The average Bonchev–Trinajstić information content (AvgIpc) is 2.34. The van der Waals surface area contributed by atoms with Gasteiger partial charge in [0.15, 0.2) is 0 Å². The Labute approximate surface area is 116 Å². The molecule has 1 aliphatic heterocycles. The Hall–Kier alpha value is -0.900. The van der Waals surface area contributed by atoms with Gasteiger partial charge in [0.25, 0.3) is 0 Å². The van der Waals surface area contributed by atoms with Crippen LogP contribution in [-0.4, -0.2) is 43.4 Å². The van der Waals surface area contributed by atoms with Crippen molar-refractivity contribution in [3.8, 4) is 0 Å². The van der Waals surface area contributed by atoms with Gasteiger partial charge in [0, 0.05) is 13.1 Å². The molecular weight excluding hydrogens is 238 g/mol. The first kappa shape index (κ1) is 14.5. The van der Waals surface area contributed by atoms with E-state index in [1.807, 2.05) is 0 Å². The molecule has 19 heavy (non-hydrogen) atoms. The molecule has 3 nitrogen and oxygen atoms in total. The minimum atomic E-state index is -0.0351. The number of hydrogen-bond donors (Lipinski definition) is 1. The average molecular weight is 263 g/mol. The SMILES string of the molecule is CC(C)c1ccc(CN(C)CC2(CO)COC2)cc1. The first-order valence-electron chi connectivity index (χ1n) is 7.01. The Morgan fingerprint density at radius 1 is 1.26 bits per heavy atom. The molecule has 1 heterocycles. The van der Waals surface area contributed by atoms with Crippen molar-refractivity contribution >= 4 is 0 Å². The number of aliphatic hydroxyl groups is 1. The molecule has 0 radical (unpaired) electrons. The van der Waals surface area contributed by atoms with Crippen molar-refractivity contribution in [1.29, 1.82) is 0 Å². The van der Waals surface area contributed by atoms with E-state index in [-0.39, 0.29) is 12.0 Å². The van der Waals surface area contributed by atoms with E-state index in [0.717, 1.165) is 13.1 Å². The Kier molecular flexibility index (Phi) is 4.61. The van der Waals surface area contributed by atoms with Gasteiger partial charge in [-0.2, -0.15) is 0 Å². The van der Waals surface area contributed by atoms with Crippen LogP contribution >= 0.6 is 0 Å². The maximum atomic E-state index is 9.44. The van der Waals surface area contributed by atoms with Crippen LogP contribution in [0.1, 0.15) is 30.9 Å². The fraction of sp³-hybridized carbons (Fsp3) is 0.625. The van der Waals surface area contributed by atoms with Crippen LogP contribution in [-0.2, 0) is 11.3 Å². The number of aliphatic hydroxyl groups excluding tert-OH is 1. The van der Waals surface area contributed by atoms with E-state index in [9.17, 15) is 5.11 Å². The normalized spacial score (nSPS) is 17.8. The summed E-state index contributed by atoms with van der Waals surface area (Å²) in [5.41, 5.74) is 2.66. The van der Waals surface area contributed by atoms with Gasteiger partial charge in [-0.15, -0.1) is 0 Å². The second-order valence-corrected chi connectivity index (χ2v) is 6.22. The van der Waals surface area contributed by atoms with Crippen LogP contribution in [0.5, 0.6) is 0 Å². The summed E-state index contributed by atoms with van der Waals surface area (Å²) < 4.78 is 5.24. The van der Waals surface area contributed by atoms with Crippen molar-refractivity contribution in [2.75, 3.05) is 33.4 Å². The summed E-state index contributed by atoms with van der Waals surface area (Å²) in [5.74, 6) is 0.580. The van der Waals surface area contributed by atoms with Crippen molar-refractivity contribution in [2.45, 2.75) is 26.3 Å². The third kappa shape index (κ3) is 3.56. The third-order valence-corrected chi connectivity index (χ3v) is 3.86. The Morgan fingerprint density at radius 3 is 2.32 bits per heavy atom. The highest BCUT2D eigenvalue weighted by Gasteiger charge is 2.38. The molecule has 0 bridgehead atoms. The van der Waals surface area contributed by atoms with Crippen LogP contribution in [0.3, 0.4) is 0 Å². The van der Waals surface area contributed by atoms with E-state index in [1.54, 1.807) is 0 Å². The van der Waals surface area contributed by atoms with E-state index in [0.29, 0.717) is 19.1 Å². The lowest BCUT2D eigenvalue weighted by atomic mass is 9.86. The number of hydrogen-bond acceptors (Lipinski definition) is 3. The lowest BCUT2D eigenvalue weighted by molar-refractivity contribution is -0.147. The molecule has 2 rings (SSSR count). The molecule has 3 heteroatoms. The number of ether oxygens (including phenoxy) is 1. The predicted molar refractivity (Wildman–Crippen MR) is 77.2 cm³/mol. The van der Waals surface area contributed by atoms with E-state index in [2.05, 4.69) is 50.1 Å². The molecule has 0 saturated carbocycles. The molecule has 1 saturated heterocycles. The summed E-state index contributed by atoms with van der Waals surface area (Å²) in [5, 5.41) is 9.44. The summed E-state index contributed by atoms with van der Waals surface area (Å²) in [6.07, 6.45) is 0. The van der Waals surface area contributed by atoms with Crippen molar-refractivity contribution < 1.29 is 9.84 Å². The molecule has 1 N–H and O–H groups in total. The highest BCUT2D eigenvalue weighted by Crippen LogP contribution is 2.28. The highest BCUT2D eigenvalue weighted by molar-refractivity contribution is 5.24. The van der Waals surface area contributed by atoms with E-state index in [1.165, 1.54) is 11.1 Å². The first-order valence-corrected chi connectivity index (χ1v) is 7.01. The molecule has 1 aromatic carbocycles. The fourth-order valence-corrected chi connectivity index (χ4v) is 2.57. The second kappa shape index (κ2) is 6.04. The number of nitrogens with zero attached hydrogens (tertiary/aromatic N) is 1. The Morgan fingerprint density at radius 2 is 1.89 bits per heavy atom. The van der Waals surface area contributed by atoms with Gasteiger partial charge in [-0.3, -0.25) is 0 Å². The van der Waals surface area contributed by atoms with Crippen LogP contribution < -0.4 is 0 Å². The highest BCUT2D eigenvalue weighted by atomic mass is 16.5. The zero-order chi connectivity index (χ0) is 13.9. The molecule has 0 unspecified atom stereocenters. The van der Waals surface area contributed by atoms with Gasteiger partial charge in [0.05, 0.1) is 25.2 Å². The van der Waals surface area contributed by atoms with Crippen LogP contribution in [0.2, 0.25) is 0 Å². The van der Waals surface area contributed by atoms with Crippen molar-refractivity contribution in [1.82, 2.24) is 4.90 Å². The Balaban J connectivity index is 1.89. The lowest BCUT2D eigenvalue weighted by Gasteiger charge is -2.42. The third-order valence-electron chi connectivity index (χ3n) is 3.86. The number of benzene rings is 1. The van der Waals surface area contributed by atoms with Crippen molar-refractivity contribution in [2.24, 2.45) is 5.41 Å². The molecule has 1 aromatic rings. The summed E-state index contributed by atoms with van der Waals surface area (Å²) in [4.78, 5) is 2.27. The van der Waals surface area contributed by atoms with Crippen molar-refractivity contribution in [3.05, 3.63) is 35.4 Å². The van der Waals surface area contributed by atoms with Gasteiger partial charge in [0.1, 0.15) is 0 Å². The van der Waals surface area contributed by atoms with Crippen LogP contribution in [0.4, 0.5) is 0 Å². The predicted octanol–water partition coefficient (Wildman–Crippen LogP) is 2.25. The quantitative estimate of drug-likeness (QED) is 0.854. The van der Waals surface area contributed by atoms with Crippen LogP contribution in [0.25, 0.3) is 0 Å². The fourth-order valence-electron chi connectivity index (χ4n) is 2.57. The monoisotopic (exact) mass is 263 g/mol. The summed E-state index contributed by atoms with van der Waals surface area (Å²) in [6.45, 7) is 7.80. The molecule has 1 fully saturated rings. The van der Waals surface area contributed by atoms with Crippen LogP contribution in [0.15, 0.2) is 24.3 Å². The molecule has 106 valence electrons. The summed E-state index contributed by atoms with van der Waals surface area (Å²) in [6, 6.07) is 8.83. The van der Waals surface area contributed by atoms with E-state index in [4.69, 9.17) is 4.74 Å². The van der Waals surface area contributed by atoms with Gasteiger partial charge >= 0.3 is 0 Å². The second-order valence-electron chi connectivity index (χ2n) is 6.22. The van der Waals surface area contributed by atoms with Gasteiger partial charge in [-0.1, -0.05) is 38.1 Å². The van der Waals surface area contributed by atoms with Gasteiger partial charge in [-0.25, -0.2) is 0 Å². The molecule has 0 atom stereocenters. The Bertz CT molecular complexity index is 390. The largest absolute Gasteiger partial charge is 0.396 e. The maximum absolute atomic E-state index is 9.44. The zero-order valence-corrected chi connectivity index (χ0v) is 12.2. The smallest absolute Gasteiger partial charge is 0.0579 e. The molecule has 0 aromatic heterocycles. The molecule has 0 aliphatic carbocycles. The van der Waals surface area contributed by atoms with Gasteiger partial charge < -0.3 is 14.7 Å². The zero-order valence-electron chi connectivity index (χ0n) is 12.2. The standard InChI is InChI=1S/C16H25NO2/c1-13(2)15-6-4-14(5-7-15)8-17(3)9-16(10-18)11-19-12-16/h4-7,13,18H,8-12H2,1-3H3. The topological polar surface area (TPSA) is 32.7 Å². The molecule has 0 amide bonds. The summed E-state index contributed by atoms with van der Waals surface area (Å²) in [7, 11) is 2.10. The van der Waals surface area contributed by atoms with Crippen LogP contribution in [0, 0.1) is 5.41 Å². The molecule has 1 aliphatic rings. The minimum absolute atomic E-state index is 0.0351. The van der Waals surface area contributed by atoms with Crippen molar-refractivity contribution in [3.63, 3.8) is 0 Å². The van der Waals surface area contributed by atoms with E-state index < -0.39 is 0 Å².